The smallest absolute Gasteiger partial charge is 0.0736 e. The van der Waals surface area contributed by atoms with Gasteiger partial charge < -0.3 is 10.5 Å². The number of rotatable bonds is 4. The third-order valence-corrected chi connectivity index (χ3v) is 4.74. The van der Waals surface area contributed by atoms with Crippen LogP contribution in [0.1, 0.15) is 20.8 Å². The molecule has 1 rings (SSSR count). The van der Waals surface area contributed by atoms with E-state index in [-0.39, 0.29) is 11.6 Å². The summed E-state index contributed by atoms with van der Waals surface area (Å²) >= 11 is 2.04. The lowest BCUT2D eigenvalue weighted by Crippen LogP contribution is -2.61. The van der Waals surface area contributed by atoms with E-state index in [4.69, 9.17) is 10.5 Å². The Morgan fingerprint density at radius 1 is 1.67 bits per heavy atom. The number of hydrogen-bond acceptors (Lipinski definition) is 4. The van der Waals surface area contributed by atoms with Crippen LogP contribution in [0.3, 0.4) is 0 Å². The Morgan fingerprint density at radius 2 is 2.33 bits per heavy atom. The van der Waals surface area contributed by atoms with Crippen LogP contribution in [0.2, 0.25) is 0 Å². The Bertz CT molecular complexity index is 203. The van der Waals surface area contributed by atoms with Gasteiger partial charge in [-0.3, -0.25) is 4.90 Å². The molecule has 0 radical (unpaired) electrons. The fourth-order valence-electron chi connectivity index (χ4n) is 2.09. The van der Waals surface area contributed by atoms with Gasteiger partial charge in [0.2, 0.25) is 0 Å². The number of hydrogen-bond donors (Lipinski definition) is 1. The predicted molar refractivity (Wildman–Crippen MR) is 67.4 cm³/mol. The normalized spacial score (nSPS) is 29.8. The van der Waals surface area contributed by atoms with Crippen molar-refractivity contribution >= 4 is 11.8 Å². The summed E-state index contributed by atoms with van der Waals surface area (Å²) in [5.41, 5.74) is 5.91. The SMILES string of the molecule is COC(C)C(C)(CN)N1CCSC(C)C1. The van der Waals surface area contributed by atoms with Gasteiger partial charge in [-0.25, -0.2) is 0 Å². The quantitative estimate of drug-likeness (QED) is 0.790. The lowest BCUT2D eigenvalue weighted by atomic mass is 9.93. The summed E-state index contributed by atoms with van der Waals surface area (Å²) < 4.78 is 5.47. The Hall–Kier alpha value is 0.230. The third kappa shape index (κ3) is 2.87. The minimum Gasteiger partial charge on any atom is -0.380 e. The molecule has 0 aromatic heterocycles. The van der Waals surface area contributed by atoms with Crippen molar-refractivity contribution in [3.63, 3.8) is 0 Å². The molecule has 1 fully saturated rings. The van der Waals surface area contributed by atoms with Crippen LogP contribution in [-0.2, 0) is 4.74 Å². The number of thioether (sulfide) groups is 1. The molecule has 0 amide bonds. The van der Waals surface area contributed by atoms with E-state index in [9.17, 15) is 0 Å². The largest absolute Gasteiger partial charge is 0.380 e. The van der Waals surface area contributed by atoms with Crippen molar-refractivity contribution < 1.29 is 4.74 Å². The van der Waals surface area contributed by atoms with Crippen LogP contribution < -0.4 is 5.73 Å². The Morgan fingerprint density at radius 3 is 2.80 bits per heavy atom. The molecule has 0 aromatic carbocycles. The van der Waals surface area contributed by atoms with Crippen molar-refractivity contribution in [1.82, 2.24) is 4.90 Å². The topological polar surface area (TPSA) is 38.5 Å². The molecule has 0 spiro atoms. The van der Waals surface area contributed by atoms with Crippen LogP contribution in [0.5, 0.6) is 0 Å². The van der Waals surface area contributed by atoms with Crippen molar-refractivity contribution in [2.75, 3.05) is 32.5 Å². The molecule has 4 heteroatoms. The van der Waals surface area contributed by atoms with E-state index < -0.39 is 0 Å². The molecule has 0 bridgehead atoms. The highest BCUT2D eigenvalue weighted by atomic mass is 32.2. The monoisotopic (exact) mass is 232 g/mol. The molecule has 0 aliphatic carbocycles. The van der Waals surface area contributed by atoms with Gasteiger partial charge in [-0.2, -0.15) is 11.8 Å². The van der Waals surface area contributed by atoms with E-state index in [1.165, 1.54) is 5.75 Å². The average Bonchev–Trinajstić information content (AvgIpc) is 2.26. The first-order valence-electron chi connectivity index (χ1n) is 5.64. The highest BCUT2D eigenvalue weighted by Crippen LogP contribution is 2.27. The molecule has 3 unspecified atom stereocenters. The minimum atomic E-state index is -0.0238. The summed E-state index contributed by atoms with van der Waals surface area (Å²) in [6.45, 7) is 9.50. The molecular formula is C11H24N2OS. The molecule has 1 saturated heterocycles. The van der Waals surface area contributed by atoms with E-state index in [0.29, 0.717) is 11.8 Å². The summed E-state index contributed by atoms with van der Waals surface area (Å²) in [6, 6.07) is 0. The maximum Gasteiger partial charge on any atom is 0.0736 e. The van der Waals surface area contributed by atoms with E-state index in [2.05, 4.69) is 25.7 Å². The van der Waals surface area contributed by atoms with Gasteiger partial charge in [0.05, 0.1) is 11.6 Å². The summed E-state index contributed by atoms with van der Waals surface area (Å²) in [6.07, 6.45) is 0.179. The van der Waals surface area contributed by atoms with Gasteiger partial charge in [-0.05, 0) is 13.8 Å². The zero-order valence-corrected chi connectivity index (χ0v) is 11.1. The molecule has 15 heavy (non-hydrogen) atoms. The first kappa shape index (κ1) is 13.3. The molecule has 2 N–H and O–H groups in total. The van der Waals surface area contributed by atoms with E-state index in [1.807, 2.05) is 11.8 Å². The van der Waals surface area contributed by atoms with Gasteiger partial charge in [0.15, 0.2) is 0 Å². The average molecular weight is 232 g/mol. The van der Waals surface area contributed by atoms with Crippen molar-refractivity contribution in [2.24, 2.45) is 5.73 Å². The number of ether oxygens (including phenoxy) is 1. The van der Waals surface area contributed by atoms with Crippen LogP contribution in [0.25, 0.3) is 0 Å². The molecule has 0 aromatic rings. The van der Waals surface area contributed by atoms with Crippen LogP contribution in [0, 0.1) is 0 Å². The summed E-state index contributed by atoms with van der Waals surface area (Å²) in [5, 5.41) is 0.702. The second-order valence-corrected chi connectivity index (χ2v) is 6.11. The van der Waals surface area contributed by atoms with E-state index >= 15 is 0 Å². The summed E-state index contributed by atoms with van der Waals surface area (Å²) in [4.78, 5) is 2.49. The Labute approximate surface area is 97.7 Å². The standard InChI is InChI=1S/C11H24N2OS/c1-9-7-13(5-6-15-9)11(3,8-12)10(2)14-4/h9-10H,5-8,12H2,1-4H3. The predicted octanol–water partition coefficient (Wildman–Crippen LogP) is 1.18. The highest BCUT2D eigenvalue weighted by Gasteiger charge is 2.38. The van der Waals surface area contributed by atoms with Crippen LogP contribution in [0.15, 0.2) is 0 Å². The number of methoxy groups -OCH3 is 1. The van der Waals surface area contributed by atoms with E-state index in [0.717, 1.165) is 13.1 Å². The summed E-state index contributed by atoms with van der Waals surface area (Å²) in [7, 11) is 1.76. The summed E-state index contributed by atoms with van der Waals surface area (Å²) in [5.74, 6) is 1.20. The zero-order chi connectivity index (χ0) is 11.5. The van der Waals surface area contributed by atoms with Crippen molar-refractivity contribution in [3.05, 3.63) is 0 Å². The van der Waals surface area contributed by atoms with Gasteiger partial charge in [-0.1, -0.05) is 6.92 Å². The van der Waals surface area contributed by atoms with Gasteiger partial charge in [0, 0.05) is 37.7 Å². The fourth-order valence-corrected chi connectivity index (χ4v) is 3.10. The lowest BCUT2D eigenvalue weighted by molar-refractivity contribution is -0.0293. The number of nitrogens with two attached hydrogens (primary N) is 1. The minimum absolute atomic E-state index is 0.0238. The molecule has 90 valence electrons. The first-order chi connectivity index (χ1) is 7.04. The third-order valence-electron chi connectivity index (χ3n) is 3.61. The van der Waals surface area contributed by atoms with Gasteiger partial charge in [0.1, 0.15) is 0 Å². The van der Waals surface area contributed by atoms with Gasteiger partial charge >= 0.3 is 0 Å². The van der Waals surface area contributed by atoms with Crippen LogP contribution in [0.4, 0.5) is 0 Å². The van der Waals surface area contributed by atoms with Gasteiger partial charge in [0.25, 0.3) is 0 Å². The molecule has 3 nitrogen and oxygen atoms in total. The maximum atomic E-state index is 5.93. The molecule has 3 atom stereocenters. The zero-order valence-electron chi connectivity index (χ0n) is 10.3. The second-order valence-electron chi connectivity index (χ2n) is 4.57. The maximum absolute atomic E-state index is 5.93. The fraction of sp³-hybridized carbons (Fsp3) is 1.00. The van der Waals surface area contributed by atoms with Crippen molar-refractivity contribution in [1.29, 1.82) is 0 Å². The molecule has 1 heterocycles. The Kier molecular flexibility index (Phi) is 4.90. The highest BCUT2D eigenvalue weighted by molar-refractivity contribution is 7.99. The Balaban J connectivity index is 2.71. The second kappa shape index (κ2) is 5.53. The van der Waals surface area contributed by atoms with Crippen LogP contribution >= 0.6 is 11.8 Å². The van der Waals surface area contributed by atoms with Crippen molar-refractivity contribution in [3.8, 4) is 0 Å². The molecule has 1 aliphatic heterocycles. The first-order valence-corrected chi connectivity index (χ1v) is 6.69. The molecule has 1 aliphatic rings. The van der Waals surface area contributed by atoms with Crippen molar-refractivity contribution in [2.45, 2.75) is 37.7 Å². The molecular weight excluding hydrogens is 208 g/mol. The van der Waals surface area contributed by atoms with Gasteiger partial charge in [-0.15, -0.1) is 0 Å². The molecule has 0 saturated carbocycles. The van der Waals surface area contributed by atoms with Crippen LogP contribution in [-0.4, -0.2) is 54.3 Å². The lowest BCUT2D eigenvalue weighted by Gasteiger charge is -2.47. The number of nitrogens with zero attached hydrogens (tertiary/aromatic N) is 1. The van der Waals surface area contributed by atoms with E-state index in [1.54, 1.807) is 7.11 Å².